The molecule has 0 unspecified atom stereocenters. The molecule has 0 aliphatic heterocycles. The van der Waals surface area contributed by atoms with Gasteiger partial charge in [0.25, 0.3) is 0 Å². The molecule has 0 saturated heterocycles. The van der Waals surface area contributed by atoms with E-state index in [9.17, 15) is 4.79 Å². The third-order valence-electron chi connectivity index (χ3n) is 3.21. The third-order valence-corrected chi connectivity index (χ3v) is 3.21. The van der Waals surface area contributed by atoms with Crippen LogP contribution in [0.25, 0.3) is 0 Å². The first kappa shape index (κ1) is 15.2. The molecule has 0 radical (unpaired) electrons. The van der Waals surface area contributed by atoms with E-state index in [-0.39, 0.29) is 6.04 Å². The van der Waals surface area contributed by atoms with E-state index in [1.54, 1.807) is 0 Å². The molecule has 4 heteroatoms. The maximum absolute atomic E-state index is 11.1. The Morgan fingerprint density at radius 2 is 1.43 bits per heavy atom. The van der Waals surface area contributed by atoms with Crippen molar-refractivity contribution < 1.29 is 14.7 Å². The number of carboxylic acid groups (broad SMARTS) is 1. The summed E-state index contributed by atoms with van der Waals surface area (Å²) in [5, 5.41) is 9.13. The lowest BCUT2D eigenvalue weighted by Gasteiger charge is -2.25. The first-order valence-electron chi connectivity index (χ1n) is 6.77. The second-order valence-electron chi connectivity index (χ2n) is 5.29. The Morgan fingerprint density at radius 1 is 1.00 bits per heavy atom. The number of hydrogen-bond donors (Lipinski definition) is 2. The van der Waals surface area contributed by atoms with Gasteiger partial charge in [-0.25, -0.2) is 4.79 Å². The molecule has 0 saturated carbocycles. The number of benzene rings is 2. The minimum absolute atomic E-state index is 0.231. The second kappa shape index (κ2) is 6.52. The van der Waals surface area contributed by atoms with Crippen molar-refractivity contribution in [3.63, 3.8) is 0 Å². The van der Waals surface area contributed by atoms with E-state index >= 15 is 0 Å². The van der Waals surface area contributed by atoms with Crippen LogP contribution in [0.15, 0.2) is 60.7 Å². The van der Waals surface area contributed by atoms with Crippen LogP contribution < -0.4 is 5.48 Å². The van der Waals surface area contributed by atoms with Gasteiger partial charge in [0.05, 0.1) is 6.04 Å². The molecule has 0 amide bonds. The Balaban J connectivity index is 2.24. The van der Waals surface area contributed by atoms with Crippen molar-refractivity contribution >= 4 is 5.97 Å². The first-order chi connectivity index (χ1) is 10.0. The second-order valence-corrected chi connectivity index (χ2v) is 5.29. The normalized spacial score (nSPS) is 11.6. The largest absolute Gasteiger partial charge is 0.479 e. The van der Waals surface area contributed by atoms with Crippen molar-refractivity contribution in [3.05, 3.63) is 71.8 Å². The highest BCUT2D eigenvalue weighted by molar-refractivity contribution is 5.76. The Kier molecular flexibility index (Phi) is 4.73. The fourth-order valence-corrected chi connectivity index (χ4v) is 1.87. The minimum atomic E-state index is -1.30. The number of hydroxylamine groups is 1. The minimum Gasteiger partial charge on any atom is -0.479 e. The van der Waals surface area contributed by atoms with Gasteiger partial charge in [0.15, 0.2) is 5.60 Å². The molecule has 4 nitrogen and oxygen atoms in total. The number of nitrogens with one attached hydrogen (secondary N) is 1. The third kappa shape index (κ3) is 3.90. The van der Waals surface area contributed by atoms with Crippen molar-refractivity contribution in [2.75, 3.05) is 0 Å². The monoisotopic (exact) mass is 285 g/mol. The topological polar surface area (TPSA) is 58.6 Å². The molecule has 0 aromatic heterocycles. The van der Waals surface area contributed by atoms with E-state index in [1.807, 2.05) is 60.7 Å². The molecule has 2 rings (SSSR count). The summed E-state index contributed by atoms with van der Waals surface area (Å²) in [6, 6.07) is 19.3. The fraction of sp³-hybridized carbons (Fsp3) is 0.235. The molecule has 0 fully saturated rings. The van der Waals surface area contributed by atoms with Crippen molar-refractivity contribution in [3.8, 4) is 0 Å². The van der Waals surface area contributed by atoms with Gasteiger partial charge < -0.3 is 5.11 Å². The molecule has 0 heterocycles. The van der Waals surface area contributed by atoms with Gasteiger partial charge in [0, 0.05) is 0 Å². The molecule has 2 aromatic carbocycles. The van der Waals surface area contributed by atoms with Gasteiger partial charge in [-0.1, -0.05) is 60.7 Å². The molecule has 0 aliphatic carbocycles. The summed E-state index contributed by atoms with van der Waals surface area (Å²) in [4.78, 5) is 16.6. The number of carboxylic acids is 1. The Labute approximate surface area is 124 Å². The standard InChI is InChI=1S/C17H19NO3/c1-17(2,16(19)20)21-18-15(13-9-5-3-6-10-13)14-11-7-4-8-12-14/h3-12,15,18H,1-2H3,(H,19,20). The van der Waals surface area contributed by atoms with E-state index in [1.165, 1.54) is 13.8 Å². The summed E-state index contributed by atoms with van der Waals surface area (Å²) in [5.74, 6) is -1.02. The van der Waals surface area contributed by atoms with Gasteiger partial charge >= 0.3 is 5.97 Å². The van der Waals surface area contributed by atoms with Crippen LogP contribution in [0.4, 0.5) is 0 Å². The van der Waals surface area contributed by atoms with E-state index < -0.39 is 11.6 Å². The van der Waals surface area contributed by atoms with Crippen molar-refractivity contribution in [2.45, 2.75) is 25.5 Å². The molecule has 0 aliphatic rings. The molecule has 0 spiro atoms. The highest BCUT2D eigenvalue weighted by Crippen LogP contribution is 2.23. The van der Waals surface area contributed by atoms with E-state index in [4.69, 9.17) is 9.94 Å². The predicted octanol–water partition coefficient (Wildman–Crippen LogP) is 3.16. The number of aliphatic carboxylic acids is 1. The van der Waals surface area contributed by atoms with Crippen LogP contribution in [0.2, 0.25) is 0 Å². The van der Waals surface area contributed by atoms with Crippen LogP contribution in [0.5, 0.6) is 0 Å². The molecule has 2 N–H and O–H groups in total. The zero-order valence-electron chi connectivity index (χ0n) is 12.1. The van der Waals surface area contributed by atoms with E-state index in [2.05, 4.69) is 5.48 Å². The van der Waals surface area contributed by atoms with Crippen molar-refractivity contribution in [1.82, 2.24) is 5.48 Å². The average Bonchev–Trinajstić information content (AvgIpc) is 2.49. The summed E-state index contributed by atoms with van der Waals surface area (Å²) < 4.78 is 0. The maximum Gasteiger partial charge on any atom is 0.337 e. The molecule has 21 heavy (non-hydrogen) atoms. The smallest absolute Gasteiger partial charge is 0.337 e. The van der Waals surface area contributed by atoms with Gasteiger partial charge in [-0.2, -0.15) is 5.48 Å². The first-order valence-corrected chi connectivity index (χ1v) is 6.77. The van der Waals surface area contributed by atoms with Crippen LogP contribution in [-0.4, -0.2) is 16.7 Å². The lowest BCUT2D eigenvalue weighted by atomic mass is 10.00. The van der Waals surface area contributed by atoms with E-state index in [0.717, 1.165) is 11.1 Å². The fourth-order valence-electron chi connectivity index (χ4n) is 1.87. The summed E-state index contributed by atoms with van der Waals surface area (Å²) in [7, 11) is 0. The molecule has 0 atom stereocenters. The van der Waals surface area contributed by atoms with E-state index in [0.29, 0.717) is 0 Å². The Bertz CT molecular complexity index is 542. The Morgan fingerprint density at radius 3 is 1.81 bits per heavy atom. The van der Waals surface area contributed by atoms with Gasteiger partial charge in [-0.3, -0.25) is 4.84 Å². The zero-order valence-corrected chi connectivity index (χ0v) is 12.1. The van der Waals surface area contributed by atoms with Gasteiger partial charge in [0.2, 0.25) is 0 Å². The quantitative estimate of drug-likeness (QED) is 0.800. The summed E-state index contributed by atoms with van der Waals surface area (Å²) in [6.07, 6.45) is 0. The molecule has 0 bridgehead atoms. The molecular formula is C17H19NO3. The summed E-state index contributed by atoms with van der Waals surface area (Å²) in [5.41, 5.74) is 3.60. The van der Waals surface area contributed by atoms with Crippen LogP contribution in [0, 0.1) is 0 Å². The predicted molar refractivity (Wildman–Crippen MR) is 80.7 cm³/mol. The molecule has 2 aromatic rings. The highest BCUT2D eigenvalue weighted by Gasteiger charge is 2.30. The maximum atomic E-state index is 11.1. The summed E-state index contributed by atoms with van der Waals surface area (Å²) >= 11 is 0. The Hall–Kier alpha value is -2.17. The number of hydrogen-bond acceptors (Lipinski definition) is 3. The number of rotatable bonds is 6. The van der Waals surface area contributed by atoms with Crippen LogP contribution >= 0.6 is 0 Å². The number of carbonyl (C=O) groups is 1. The van der Waals surface area contributed by atoms with Crippen LogP contribution in [0.3, 0.4) is 0 Å². The lowest BCUT2D eigenvalue weighted by molar-refractivity contribution is -0.172. The van der Waals surface area contributed by atoms with Gasteiger partial charge in [0.1, 0.15) is 0 Å². The van der Waals surface area contributed by atoms with Crippen molar-refractivity contribution in [2.24, 2.45) is 0 Å². The molecule has 110 valence electrons. The van der Waals surface area contributed by atoms with Gasteiger partial charge in [-0.05, 0) is 25.0 Å². The van der Waals surface area contributed by atoms with Crippen LogP contribution in [-0.2, 0) is 9.63 Å². The summed E-state index contributed by atoms with van der Waals surface area (Å²) in [6.45, 7) is 3.02. The van der Waals surface area contributed by atoms with Crippen LogP contribution in [0.1, 0.15) is 31.0 Å². The average molecular weight is 285 g/mol. The molecular weight excluding hydrogens is 266 g/mol. The SMILES string of the molecule is CC(C)(ONC(c1ccccc1)c1ccccc1)C(=O)O. The van der Waals surface area contributed by atoms with Crippen molar-refractivity contribution in [1.29, 1.82) is 0 Å². The van der Waals surface area contributed by atoms with Gasteiger partial charge in [-0.15, -0.1) is 0 Å². The highest BCUT2D eigenvalue weighted by atomic mass is 16.7. The zero-order chi connectivity index (χ0) is 15.3. The lowest BCUT2D eigenvalue weighted by Crippen LogP contribution is -2.41.